The molecule has 2 heteroatoms. The number of Topliss-reactive ketones (excluding diaryl/α,β-unsaturated/α-hetero) is 1. The van der Waals surface area contributed by atoms with Crippen molar-refractivity contribution in [1.82, 2.24) is 0 Å². The second-order valence-corrected chi connectivity index (χ2v) is 10.6. The smallest absolute Gasteiger partial charge is 0.139 e. The monoisotopic (exact) mass is 236 g/mol. The lowest BCUT2D eigenvalue weighted by Crippen LogP contribution is -2.24. The van der Waals surface area contributed by atoms with Gasteiger partial charge >= 0.3 is 0 Å². The van der Waals surface area contributed by atoms with E-state index >= 15 is 0 Å². The van der Waals surface area contributed by atoms with E-state index in [2.05, 4.69) is 37.7 Å². The van der Waals surface area contributed by atoms with E-state index in [-0.39, 0.29) is 11.2 Å². The highest BCUT2D eigenvalue weighted by Crippen LogP contribution is 2.23. The minimum absolute atomic E-state index is 0.289. The van der Waals surface area contributed by atoms with Gasteiger partial charge < -0.3 is 0 Å². The third kappa shape index (κ3) is 6.63. The SMILES string of the molecule is C=CCCC(=O)C(C)(C)CC#C[Si](C)(C)C. The number of hydrogen-bond donors (Lipinski definition) is 0. The molecule has 16 heavy (non-hydrogen) atoms. The van der Waals surface area contributed by atoms with Crippen LogP contribution in [0.2, 0.25) is 19.6 Å². The van der Waals surface area contributed by atoms with Crippen LogP contribution >= 0.6 is 0 Å². The van der Waals surface area contributed by atoms with Gasteiger partial charge in [0, 0.05) is 18.3 Å². The van der Waals surface area contributed by atoms with Gasteiger partial charge in [0.05, 0.1) is 0 Å². The lowest BCUT2D eigenvalue weighted by atomic mass is 9.83. The van der Waals surface area contributed by atoms with Crippen molar-refractivity contribution in [2.75, 3.05) is 0 Å². The Morgan fingerprint density at radius 1 is 1.38 bits per heavy atom. The Kier molecular flexibility index (Phi) is 5.75. The maximum absolute atomic E-state index is 11.9. The van der Waals surface area contributed by atoms with Crippen LogP contribution in [0.1, 0.15) is 33.1 Å². The molecule has 0 aromatic rings. The second kappa shape index (κ2) is 6.05. The van der Waals surface area contributed by atoms with Crippen molar-refractivity contribution in [1.29, 1.82) is 0 Å². The molecular weight excluding hydrogens is 212 g/mol. The normalized spacial score (nSPS) is 11.6. The number of carbonyl (C=O) groups is 1. The minimum atomic E-state index is -1.31. The topological polar surface area (TPSA) is 17.1 Å². The molecule has 0 unspecified atom stereocenters. The van der Waals surface area contributed by atoms with Crippen molar-refractivity contribution in [3.63, 3.8) is 0 Å². The fraction of sp³-hybridized carbons (Fsp3) is 0.643. The Balaban J connectivity index is 4.38. The molecule has 0 N–H and O–H groups in total. The summed E-state index contributed by atoms with van der Waals surface area (Å²) < 4.78 is 0. The lowest BCUT2D eigenvalue weighted by molar-refractivity contribution is -0.126. The van der Waals surface area contributed by atoms with Crippen molar-refractivity contribution >= 4 is 13.9 Å². The van der Waals surface area contributed by atoms with Crippen LogP contribution in [0.3, 0.4) is 0 Å². The fourth-order valence-electron chi connectivity index (χ4n) is 1.20. The van der Waals surface area contributed by atoms with E-state index in [0.717, 1.165) is 6.42 Å². The molecule has 0 radical (unpaired) electrons. The van der Waals surface area contributed by atoms with Gasteiger partial charge in [-0.1, -0.05) is 39.6 Å². The lowest BCUT2D eigenvalue weighted by Gasteiger charge is -2.20. The largest absolute Gasteiger partial charge is 0.299 e. The zero-order valence-corrected chi connectivity index (χ0v) is 12.3. The first-order valence-electron chi connectivity index (χ1n) is 5.83. The number of allylic oxidation sites excluding steroid dienone is 1. The molecule has 0 aromatic carbocycles. The van der Waals surface area contributed by atoms with Crippen LogP contribution in [0, 0.1) is 16.9 Å². The zero-order valence-electron chi connectivity index (χ0n) is 11.3. The molecule has 0 heterocycles. The van der Waals surface area contributed by atoms with Crippen molar-refractivity contribution in [2.45, 2.75) is 52.8 Å². The molecule has 0 amide bonds. The Labute approximate surface area is 101 Å². The third-order valence-corrected chi connectivity index (χ3v) is 3.25. The molecule has 0 aromatic heterocycles. The van der Waals surface area contributed by atoms with Crippen molar-refractivity contribution in [3.05, 3.63) is 12.7 Å². The van der Waals surface area contributed by atoms with E-state index in [1.54, 1.807) is 6.08 Å². The molecule has 0 aliphatic rings. The number of carbonyl (C=O) groups excluding carboxylic acids is 1. The van der Waals surface area contributed by atoms with Crippen LogP contribution in [-0.4, -0.2) is 13.9 Å². The maximum atomic E-state index is 11.9. The summed E-state index contributed by atoms with van der Waals surface area (Å²) in [5, 5.41) is 0. The van der Waals surface area contributed by atoms with Crippen molar-refractivity contribution < 1.29 is 4.79 Å². The van der Waals surface area contributed by atoms with E-state index in [0.29, 0.717) is 12.8 Å². The van der Waals surface area contributed by atoms with Crippen LogP contribution in [-0.2, 0) is 4.79 Å². The van der Waals surface area contributed by atoms with Crippen LogP contribution in [0.15, 0.2) is 12.7 Å². The molecule has 0 atom stereocenters. The first-order valence-corrected chi connectivity index (χ1v) is 9.33. The van der Waals surface area contributed by atoms with Gasteiger partial charge in [-0.25, -0.2) is 0 Å². The Morgan fingerprint density at radius 3 is 2.38 bits per heavy atom. The summed E-state index contributed by atoms with van der Waals surface area (Å²) >= 11 is 0. The quantitative estimate of drug-likeness (QED) is 0.403. The first kappa shape index (κ1) is 15.2. The predicted molar refractivity (Wildman–Crippen MR) is 74.0 cm³/mol. The molecule has 0 spiro atoms. The molecule has 0 saturated heterocycles. The summed E-state index contributed by atoms with van der Waals surface area (Å²) in [6.07, 6.45) is 3.82. The first-order chi connectivity index (χ1) is 7.19. The Bertz CT molecular complexity index is 310. The second-order valence-electron chi connectivity index (χ2n) is 5.86. The highest BCUT2D eigenvalue weighted by Gasteiger charge is 2.25. The van der Waals surface area contributed by atoms with Gasteiger partial charge in [-0.15, -0.1) is 18.0 Å². The minimum Gasteiger partial charge on any atom is -0.299 e. The third-order valence-electron chi connectivity index (χ3n) is 2.32. The average molecular weight is 236 g/mol. The maximum Gasteiger partial charge on any atom is 0.139 e. The van der Waals surface area contributed by atoms with Crippen molar-refractivity contribution in [3.8, 4) is 11.5 Å². The van der Waals surface area contributed by atoms with Gasteiger partial charge in [0.15, 0.2) is 0 Å². The van der Waals surface area contributed by atoms with Gasteiger partial charge in [0.2, 0.25) is 0 Å². The molecular formula is C14H24OSi. The molecule has 0 fully saturated rings. The summed E-state index contributed by atoms with van der Waals surface area (Å²) in [5.74, 6) is 3.48. The van der Waals surface area contributed by atoms with E-state index in [4.69, 9.17) is 0 Å². The van der Waals surface area contributed by atoms with E-state index in [9.17, 15) is 4.79 Å². The van der Waals surface area contributed by atoms with Crippen LogP contribution in [0.4, 0.5) is 0 Å². The molecule has 0 aliphatic heterocycles. The number of rotatable bonds is 5. The summed E-state index contributed by atoms with van der Waals surface area (Å²) in [6.45, 7) is 14.2. The van der Waals surface area contributed by atoms with Crippen molar-refractivity contribution in [2.24, 2.45) is 5.41 Å². The summed E-state index contributed by atoms with van der Waals surface area (Å²) in [6, 6.07) is 0. The number of ketones is 1. The molecule has 0 rings (SSSR count). The summed E-state index contributed by atoms with van der Waals surface area (Å²) in [4.78, 5) is 11.9. The van der Waals surface area contributed by atoms with Crippen LogP contribution in [0.5, 0.6) is 0 Å². The van der Waals surface area contributed by atoms with Gasteiger partial charge in [-0.05, 0) is 6.42 Å². The highest BCUT2D eigenvalue weighted by atomic mass is 28.3. The molecule has 90 valence electrons. The standard InChI is InChI=1S/C14H24OSi/c1-7-8-10-13(15)14(2,3)11-9-12-16(4,5)6/h7H,1,8,10-11H2,2-6H3. The van der Waals surface area contributed by atoms with E-state index in [1.807, 2.05) is 13.8 Å². The molecule has 0 bridgehead atoms. The summed E-state index contributed by atoms with van der Waals surface area (Å²) in [7, 11) is -1.31. The number of hydrogen-bond acceptors (Lipinski definition) is 1. The Hall–Kier alpha value is -0.813. The predicted octanol–water partition coefficient (Wildman–Crippen LogP) is 3.82. The fourth-order valence-corrected chi connectivity index (χ4v) is 1.82. The Morgan fingerprint density at radius 2 is 1.94 bits per heavy atom. The van der Waals surface area contributed by atoms with Gasteiger partial charge in [0.1, 0.15) is 13.9 Å². The van der Waals surface area contributed by atoms with E-state index in [1.165, 1.54) is 0 Å². The van der Waals surface area contributed by atoms with Gasteiger partial charge in [-0.2, -0.15) is 0 Å². The van der Waals surface area contributed by atoms with Crippen LogP contribution in [0.25, 0.3) is 0 Å². The van der Waals surface area contributed by atoms with E-state index < -0.39 is 8.07 Å². The molecule has 0 aliphatic carbocycles. The van der Waals surface area contributed by atoms with Gasteiger partial charge in [0.25, 0.3) is 0 Å². The van der Waals surface area contributed by atoms with Gasteiger partial charge in [-0.3, -0.25) is 4.79 Å². The average Bonchev–Trinajstić information content (AvgIpc) is 2.11. The highest BCUT2D eigenvalue weighted by molar-refractivity contribution is 6.83. The molecule has 1 nitrogen and oxygen atoms in total. The van der Waals surface area contributed by atoms with Crippen LogP contribution < -0.4 is 0 Å². The summed E-state index contributed by atoms with van der Waals surface area (Å²) in [5.41, 5.74) is 3.00. The zero-order chi connectivity index (χ0) is 12.8. The molecule has 0 saturated carbocycles.